The molecule has 2 atom stereocenters. The van der Waals surface area contributed by atoms with Gasteiger partial charge in [-0.1, -0.05) is 85.6 Å². The molecule has 0 amide bonds. The molecule has 28 heavy (non-hydrogen) atoms. The monoisotopic (exact) mass is 392 g/mol. The maximum absolute atomic E-state index is 11.5. The zero-order chi connectivity index (χ0) is 22.1. The van der Waals surface area contributed by atoms with E-state index in [0.717, 1.165) is 5.92 Å². The maximum Gasteiger partial charge on any atom is 0.317 e. The molecule has 1 fully saturated rings. The lowest BCUT2D eigenvalue weighted by Crippen LogP contribution is -2.29. The number of carbonyl (C=O) groups excluding carboxylic acids is 2. The van der Waals surface area contributed by atoms with Crippen LogP contribution in [-0.4, -0.2) is 11.9 Å². The van der Waals surface area contributed by atoms with Crippen LogP contribution in [0.1, 0.15) is 94.9 Å². The van der Waals surface area contributed by atoms with Crippen LogP contribution >= 0.6 is 0 Å². The van der Waals surface area contributed by atoms with E-state index in [4.69, 9.17) is 0 Å². The van der Waals surface area contributed by atoms with Crippen LogP contribution < -0.4 is 0 Å². The van der Waals surface area contributed by atoms with Gasteiger partial charge in [0.25, 0.3) is 0 Å². The van der Waals surface area contributed by atoms with Crippen LogP contribution in [-0.2, 0) is 14.3 Å². The van der Waals surface area contributed by atoms with Crippen molar-refractivity contribution in [3.05, 3.63) is 23.8 Å². The normalized spacial score (nSPS) is 19.7. The summed E-state index contributed by atoms with van der Waals surface area (Å²) >= 11 is 0. The second-order valence-electron chi connectivity index (χ2n) is 10.4. The fourth-order valence-corrected chi connectivity index (χ4v) is 3.32. The van der Waals surface area contributed by atoms with E-state index in [1.54, 1.807) is 5.57 Å². The Hall–Kier alpha value is -1.38. The summed E-state index contributed by atoms with van der Waals surface area (Å²) in [4.78, 5) is 22.5. The van der Waals surface area contributed by atoms with Gasteiger partial charge in [0.2, 0.25) is 0 Å². The number of allylic oxidation sites excluding steroid dienone is 4. The predicted molar refractivity (Wildman–Crippen MR) is 119 cm³/mol. The molecule has 0 aliphatic carbocycles. The lowest BCUT2D eigenvalue weighted by molar-refractivity contribution is -0.153. The van der Waals surface area contributed by atoms with Crippen LogP contribution in [0.15, 0.2) is 23.8 Å². The highest BCUT2D eigenvalue weighted by Crippen LogP contribution is 2.38. The summed E-state index contributed by atoms with van der Waals surface area (Å²) in [6.07, 6.45) is 10.3. The van der Waals surface area contributed by atoms with Crippen molar-refractivity contribution < 1.29 is 14.3 Å². The quantitative estimate of drug-likeness (QED) is 0.263. The second kappa shape index (κ2) is 11.6. The third-order valence-electron chi connectivity index (χ3n) is 5.43. The number of ether oxygens (including phenoxy) is 1. The Morgan fingerprint density at radius 1 is 1.18 bits per heavy atom. The molecular formula is C25H44O3. The molecule has 0 aromatic rings. The van der Waals surface area contributed by atoms with Crippen molar-refractivity contribution in [2.24, 2.45) is 28.6 Å². The molecule has 0 N–H and O–H groups in total. The van der Waals surface area contributed by atoms with Crippen LogP contribution in [0.25, 0.3) is 0 Å². The smallest absolute Gasteiger partial charge is 0.317 e. The van der Waals surface area contributed by atoms with Gasteiger partial charge in [-0.3, -0.25) is 9.59 Å². The van der Waals surface area contributed by atoms with Crippen LogP contribution in [0.5, 0.6) is 0 Å². The second-order valence-corrected chi connectivity index (χ2v) is 10.4. The van der Waals surface area contributed by atoms with E-state index in [9.17, 15) is 9.59 Å². The van der Waals surface area contributed by atoms with Crippen LogP contribution in [0.2, 0.25) is 0 Å². The first-order valence-corrected chi connectivity index (χ1v) is 10.8. The van der Waals surface area contributed by atoms with Crippen molar-refractivity contribution in [3.8, 4) is 0 Å². The molecule has 162 valence electrons. The minimum absolute atomic E-state index is 0.0409. The van der Waals surface area contributed by atoms with Gasteiger partial charge in [0.05, 0.1) is 12.3 Å². The van der Waals surface area contributed by atoms with Gasteiger partial charge in [-0.2, -0.15) is 0 Å². The zero-order valence-corrected chi connectivity index (χ0v) is 20.0. The minimum atomic E-state index is -0.399. The standard InChI is InChI=1S/C13H26.C12H18O3/c1-7-13(5,6)9-8-12(4)10-11(2)3;1-5-6-9(12(2,3)4)8-7-10(13)15-11(8)14/h8,11H,7,9-10H2,1-6H3;5-6,8-9H,7H2,1-4H3/b12-8+;6-5-. The lowest BCUT2D eigenvalue weighted by Gasteiger charge is -2.30. The maximum atomic E-state index is 11.5. The average Bonchev–Trinajstić information content (AvgIpc) is 2.88. The van der Waals surface area contributed by atoms with E-state index in [0.29, 0.717) is 5.41 Å². The number of hydrogen-bond donors (Lipinski definition) is 0. The van der Waals surface area contributed by atoms with Gasteiger partial charge in [-0.15, -0.1) is 0 Å². The van der Waals surface area contributed by atoms with Crippen molar-refractivity contribution in [2.75, 3.05) is 0 Å². The van der Waals surface area contributed by atoms with E-state index in [1.807, 2.05) is 19.1 Å². The average molecular weight is 393 g/mol. The van der Waals surface area contributed by atoms with Crippen molar-refractivity contribution in [1.82, 2.24) is 0 Å². The first-order valence-electron chi connectivity index (χ1n) is 10.8. The molecule has 0 saturated carbocycles. The summed E-state index contributed by atoms with van der Waals surface area (Å²) in [5.74, 6) is -0.238. The van der Waals surface area contributed by atoms with Crippen LogP contribution in [0.4, 0.5) is 0 Å². The minimum Gasteiger partial charge on any atom is -0.393 e. The molecule has 0 aromatic carbocycles. The Bertz CT molecular complexity index is 559. The predicted octanol–water partition coefficient (Wildman–Crippen LogP) is 7.12. The molecule has 2 unspecified atom stereocenters. The Morgan fingerprint density at radius 3 is 2.11 bits per heavy atom. The van der Waals surface area contributed by atoms with Gasteiger partial charge in [0.1, 0.15) is 0 Å². The molecule has 0 aromatic heterocycles. The molecule has 3 heteroatoms. The van der Waals surface area contributed by atoms with Gasteiger partial charge in [0.15, 0.2) is 0 Å². The molecular weight excluding hydrogens is 348 g/mol. The molecule has 1 saturated heterocycles. The highest BCUT2D eigenvalue weighted by atomic mass is 16.6. The first kappa shape index (κ1) is 26.6. The molecule has 0 spiro atoms. The van der Waals surface area contributed by atoms with E-state index >= 15 is 0 Å². The van der Waals surface area contributed by atoms with Crippen molar-refractivity contribution in [1.29, 1.82) is 0 Å². The molecule has 1 aliphatic heterocycles. The summed E-state index contributed by atoms with van der Waals surface area (Å²) in [7, 11) is 0. The molecule has 1 aliphatic rings. The van der Waals surface area contributed by atoms with Gasteiger partial charge >= 0.3 is 11.9 Å². The molecule has 3 nitrogen and oxygen atoms in total. The molecule has 0 bridgehead atoms. The third-order valence-corrected chi connectivity index (χ3v) is 5.43. The topological polar surface area (TPSA) is 43.4 Å². The van der Waals surface area contributed by atoms with Gasteiger partial charge in [-0.05, 0) is 49.4 Å². The Labute approximate surface area is 174 Å². The highest BCUT2D eigenvalue weighted by molar-refractivity contribution is 5.94. The van der Waals surface area contributed by atoms with Crippen LogP contribution in [0.3, 0.4) is 0 Å². The molecule has 1 rings (SSSR count). The van der Waals surface area contributed by atoms with E-state index in [-0.39, 0.29) is 29.6 Å². The van der Waals surface area contributed by atoms with Crippen molar-refractivity contribution in [2.45, 2.75) is 94.9 Å². The van der Waals surface area contributed by atoms with Crippen molar-refractivity contribution >= 4 is 11.9 Å². The van der Waals surface area contributed by atoms with E-state index in [1.165, 1.54) is 19.3 Å². The Balaban J connectivity index is 0.000000528. The van der Waals surface area contributed by atoms with Crippen molar-refractivity contribution in [3.63, 3.8) is 0 Å². The Kier molecular flexibility index (Phi) is 11.0. The largest absolute Gasteiger partial charge is 0.393 e. The summed E-state index contributed by atoms with van der Waals surface area (Å²) < 4.78 is 4.58. The summed E-state index contributed by atoms with van der Waals surface area (Å²) in [6.45, 7) is 21.9. The number of cyclic esters (lactones) is 2. The SMILES string of the molecule is C/C=C\C(C1CC(=O)OC1=O)C(C)(C)C.CCC(C)(C)C/C=C(\C)CC(C)C. The first-order chi connectivity index (χ1) is 12.7. The van der Waals surface area contributed by atoms with Gasteiger partial charge < -0.3 is 4.74 Å². The summed E-state index contributed by atoms with van der Waals surface area (Å²) in [5, 5.41) is 0. The molecule has 0 radical (unpaired) electrons. The fourth-order valence-electron chi connectivity index (χ4n) is 3.32. The summed E-state index contributed by atoms with van der Waals surface area (Å²) in [5.41, 5.74) is 2.00. The highest BCUT2D eigenvalue weighted by Gasteiger charge is 2.42. The third kappa shape index (κ3) is 10.2. The summed E-state index contributed by atoms with van der Waals surface area (Å²) in [6, 6.07) is 0. The fraction of sp³-hybridized carbons (Fsp3) is 0.760. The number of carbonyl (C=O) groups is 2. The number of hydrogen-bond acceptors (Lipinski definition) is 3. The number of rotatable bonds is 7. The van der Waals surface area contributed by atoms with E-state index < -0.39 is 5.97 Å². The Morgan fingerprint density at radius 2 is 1.75 bits per heavy atom. The van der Waals surface area contributed by atoms with E-state index in [2.05, 4.69) is 73.1 Å². The lowest BCUT2D eigenvalue weighted by atomic mass is 9.72. The molecule has 1 heterocycles. The van der Waals surface area contributed by atoms with Gasteiger partial charge in [0, 0.05) is 0 Å². The number of esters is 2. The van der Waals surface area contributed by atoms with Crippen LogP contribution in [0, 0.1) is 28.6 Å². The van der Waals surface area contributed by atoms with Gasteiger partial charge in [-0.25, -0.2) is 0 Å². The zero-order valence-electron chi connectivity index (χ0n) is 20.0.